The van der Waals surface area contributed by atoms with Crippen molar-refractivity contribution in [3.8, 4) is 0 Å². The number of imidazole rings is 1. The summed E-state index contributed by atoms with van der Waals surface area (Å²) >= 11 is 5.13. The van der Waals surface area contributed by atoms with E-state index in [0.29, 0.717) is 4.77 Å². The van der Waals surface area contributed by atoms with Crippen LogP contribution in [-0.2, 0) is 6.54 Å². The zero-order chi connectivity index (χ0) is 9.97. The summed E-state index contributed by atoms with van der Waals surface area (Å²) < 4.78 is 4.01. The fourth-order valence-electron chi connectivity index (χ4n) is 1.33. The number of nitrogens with two attached hydrogens (primary N) is 1. The first-order chi connectivity index (χ1) is 6.77. The van der Waals surface area contributed by atoms with E-state index in [4.69, 9.17) is 18.1 Å². The number of benzene rings is 1. The summed E-state index contributed by atoms with van der Waals surface area (Å²) in [7, 11) is 0. The first-order valence-corrected chi connectivity index (χ1v) is 4.75. The van der Waals surface area contributed by atoms with E-state index in [9.17, 15) is 0 Å². The molecule has 0 fully saturated rings. The maximum Gasteiger partial charge on any atom is 0.198 e. The molecule has 2 rings (SSSR count). The van der Waals surface area contributed by atoms with Gasteiger partial charge >= 0.3 is 0 Å². The molecule has 0 aliphatic heterocycles. The quantitative estimate of drug-likeness (QED) is 0.599. The molecule has 2 N–H and O–H groups in total. The number of nitrogen functional groups attached to an aromatic ring is 1. The Bertz CT molecular complexity index is 470. The van der Waals surface area contributed by atoms with Crippen LogP contribution in [0.5, 0.6) is 0 Å². The summed E-state index contributed by atoms with van der Waals surface area (Å²) in [5, 5.41) is 0. The first kappa shape index (κ1) is 9.02. The highest BCUT2D eigenvalue weighted by molar-refractivity contribution is 7.71. The molecule has 0 saturated heterocycles. The summed E-state index contributed by atoms with van der Waals surface area (Å²) in [5.74, 6) is 5.59. The molecular formula is C10H11N3S. The van der Waals surface area contributed by atoms with E-state index in [2.05, 4.69) is 12.1 Å². The Kier molecular flexibility index (Phi) is 2.37. The predicted molar refractivity (Wildman–Crippen MR) is 59.0 cm³/mol. The van der Waals surface area contributed by atoms with Crippen molar-refractivity contribution in [2.45, 2.75) is 6.54 Å². The van der Waals surface area contributed by atoms with Crippen LogP contribution >= 0.6 is 12.2 Å². The number of rotatable bonds is 2. The van der Waals surface area contributed by atoms with Crippen LogP contribution in [0.1, 0.15) is 5.56 Å². The summed E-state index contributed by atoms with van der Waals surface area (Å²) in [5.41, 5.74) is 1.22. The monoisotopic (exact) mass is 205 g/mol. The van der Waals surface area contributed by atoms with E-state index in [0.717, 1.165) is 6.54 Å². The fraction of sp³-hybridized carbons (Fsp3) is 0.100. The van der Waals surface area contributed by atoms with Crippen molar-refractivity contribution in [2.24, 2.45) is 0 Å². The van der Waals surface area contributed by atoms with E-state index >= 15 is 0 Å². The Morgan fingerprint density at radius 1 is 1.14 bits per heavy atom. The van der Waals surface area contributed by atoms with Gasteiger partial charge in [0.2, 0.25) is 0 Å². The molecule has 0 bridgehead atoms. The third kappa shape index (κ3) is 1.70. The highest BCUT2D eigenvalue weighted by Gasteiger charge is 1.97. The van der Waals surface area contributed by atoms with Crippen molar-refractivity contribution in [1.82, 2.24) is 9.24 Å². The Labute approximate surface area is 87.4 Å². The van der Waals surface area contributed by atoms with Gasteiger partial charge in [-0.15, -0.1) is 0 Å². The average molecular weight is 205 g/mol. The SMILES string of the molecule is Nn1ccn(Cc2ccccc2)c1=S. The Morgan fingerprint density at radius 3 is 2.43 bits per heavy atom. The fourth-order valence-corrected chi connectivity index (χ4v) is 1.51. The minimum Gasteiger partial charge on any atom is -0.337 e. The van der Waals surface area contributed by atoms with Gasteiger partial charge in [0, 0.05) is 18.9 Å². The van der Waals surface area contributed by atoms with Crippen LogP contribution in [0.2, 0.25) is 0 Å². The van der Waals surface area contributed by atoms with E-state index in [1.165, 1.54) is 10.2 Å². The lowest BCUT2D eigenvalue weighted by Crippen LogP contribution is -2.08. The van der Waals surface area contributed by atoms with Gasteiger partial charge in [-0.2, -0.15) is 0 Å². The van der Waals surface area contributed by atoms with Crippen LogP contribution in [0.4, 0.5) is 0 Å². The number of hydrogen-bond donors (Lipinski definition) is 1. The molecule has 3 nitrogen and oxygen atoms in total. The molecule has 0 radical (unpaired) electrons. The van der Waals surface area contributed by atoms with E-state index < -0.39 is 0 Å². The molecule has 0 unspecified atom stereocenters. The Morgan fingerprint density at radius 2 is 1.86 bits per heavy atom. The van der Waals surface area contributed by atoms with Gasteiger partial charge < -0.3 is 10.4 Å². The van der Waals surface area contributed by atoms with E-state index in [1.54, 1.807) is 6.20 Å². The second-order valence-electron chi connectivity index (χ2n) is 3.10. The molecule has 0 atom stereocenters. The van der Waals surface area contributed by atoms with Crippen LogP contribution in [0.15, 0.2) is 42.7 Å². The van der Waals surface area contributed by atoms with Crippen LogP contribution in [0.25, 0.3) is 0 Å². The lowest BCUT2D eigenvalue weighted by Gasteiger charge is -2.01. The second kappa shape index (κ2) is 3.67. The van der Waals surface area contributed by atoms with Gasteiger partial charge in [0.15, 0.2) is 4.77 Å². The number of hydrogen-bond acceptors (Lipinski definition) is 2. The first-order valence-electron chi connectivity index (χ1n) is 4.34. The molecule has 1 aromatic carbocycles. The van der Waals surface area contributed by atoms with Gasteiger partial charge in [0.05, 0.1) is 0 Å². The summed E-state index contributed by atoms with van der Waals surface area (Å²) in [4.78, 5) is 0. The van der Waals surface area contributed by atoms with Crippen LogP contribution in [0.3, 0.4) is 0 Å². The smallest absolute Gasteiger partial charge is 0.198 e. The summed E-state index contributed by atoms with van der Waals surface area (Å²) in [6.07, 6.45) is 3.64. The molecule has 0 saturated carbocycles. The second-order valence-corrected chi connectivity index (χ2v) is 3.47. The van der Waals surface area contributed by atoms with Crippen LogP contribution < -0.4 is 5.84 Å². The van der Waals surface area contributed by atoms with Crippen molar-refractivity contribution in [1.29, 1.82) is 0 Å². The Balaban J connectivity index is 2.28. The molecule has 14 heavy (non-hydrogen) atoms. The van der Waals surface area contributed by atoms with Crippen LogP contribution in [-0.4, -0.2) is 9.24 Å². The molecule has 1 heterocycles. The summed E-state index contributed by atoms with van der Waals surface area (Å²) in [6.45, 7) is 0.768. The third-order valence-electron chi connectivity index (χ3n) is 2.07. The van der Waals surface area contributed by atoms with Gasteiger partial charge in [-0.25, -0.2) is 4.68 Å². The molecule has 0 aliphatic carbocycles. The van der Waals surface area contributed by atoms with E-state index in [-0.39, 0.29) is 0 Å². The minimum atomic E-state index is 0.633. The molecule has 0 amide bonds. The average Bonchev–Trinajstić information content (AvgIpc) is 2.52. The van der Waals surface area contributed by atoms with Gasteiger partial charge in [-0.05, 0) is 17.8 Å². The summed E-state index contributed by atoms with van der Waals surface area (Å²) in [6, 6.07) is 10.2. The van der Waals surface area contributed by atoms with Crippen molar-refractivity contribution < 1.29 is 0 Å². The van der Waals surface area contributed by atoms with Gasteiger partial charge in [-0.1, -0.05) is 30.3 Å². The highest BCUT2D eigenvalue weighted by atomic mass is 32.1. The maximum atomic E-state index is 5.59. The van der Waals surface area contributed by atoms with Crippen molar-refractivity contribution in [3.05, 3.63) is 53.1 Å². The van der Waals surface area contributed by atoms with Crippen molar-refractivity contribution >= 4 is 12.2 Å². The zero-order valence-electron chi connectivity index (χ0n) is 7.63. The molecule has 2 aromatic rings. The highest BCUT2D eigenvalue weighted by Crippen LogP contribution is 2.03. The zero-order valence-corrected chi connectivity index (χ0v) is 8.45. The Hall–Kier alpha value is -1.55. The maximum absolute atomic E-state index is 5.59. The lowest BCUT2D eigenvalue weighted by molar-refractivity contribution is 0.762. The standard InChI is InChI=1S/C10H11N3S/c11-13-7-6-12(10(13)14)8-9-4-2-1-3-5-9/h1-7H,8,11H2. The van der Waals surface area contributed by atoms with Gasteiger partial charge in [0.1, 0.15) is 0 Å². The molecule has 72 valence electrons. The van der Waals surface area contributed by atoms with Crippen LogP contribution in [0, 0.1) is 4.77 Å². The normalized spacial score (nSPS) is 10.3. The lowest BCUT2D eigenvalue weighted by atomic mass is 10.2. The molecule has 4 heteroatoms. The third-order valence-corrected chi connectivity index (χ3v) is 2.51. The van der Waals surface area contributed by atoms with Crippen molar-refractivity contribution in [3.63, 3.8) is 0 Å². The molecular weight excluding hydrogens is 194 g/mol. The number of nitrogens with zero attached hydrogens (tertiary/aromatic N) is 2. The number of aromatic nitrogens is 2. The molecule has 1 aromatic heterocycles. The topological polar surface area (TPSA) is 35.9 Å². The van der Waals surface area contributed by atoms with Crippen molar-refractivity contribution in [2.75, 3.05) is 5.84 Å². The van der Waals surface area contributed by atoms with Gasteiger partial charge in [-0.3, -0.25) is 0 Å². The molecule has 0 spiro atoms. The van der Waals surface area contributed by atoms with E-state index in [1.807, 2.05) is 29.0 Å². The van der Waals surface area contributed by atoms with Gasteiger partial charge in [0.25, 0.3) is 0 Å². The predicted octanol–water partition coefficient (Wildman–Crippen LogP) is 1.78. The molecule has 0 aliphatic rings. The largest absolute Gasteiger partial charge is 0.337 e. The minimum absolute atomic E-state index is 0.633.